The normalized spacial score (nSPS) is 12.4. The van der Waals surface area contributed by atoms with Crippen molar-refractivity contribution < 1.29 is 13.2 Å². The molecule has 0 aliphatic carbocycles. The molecule has 0 saturated heterocycles. The highest BCUT2D eigenvalue weighted by Gasteiger charge is 2.30. The second kappa shape index (κ2) is 8.66. The van der Waals surface area contributed by atoms with E-state index in [9.17, 15) is 18.0 Å². The third-order valence-electron chi connectivity index (χ3n) is 4.97. The van der Waals surface area contributed by atoms with Crippen LogP contribution in [0.5, 0.6) is 0 Å². The molecule has 0 unspecified atom stereocenters. The minimum atomic E-state index is -4.50. The number of pyridine rings is 1. The number of hydrogen-bond acceptors (Lipinski definition) is 4. The number of benzene rings is 2. The van der Waals surface area contributed by atoms with Gasteiger partial charge in [0.25, 0.3) is 0 Å². The maximum Gasteiger partial charge on any atom is 0.416 e. The quantitative estimate of drug-likeness (QED) is 0.422. The summed E-state index contributed by atoms with van der Waals surface area (Å²) < 4.78 is 39.6. The number of aromatic amines is 1. The first-order valence-corrected chi connectivity index (χ1v) is 9.87. The lowest BCUT2D eigenvalue weighted by atomic mass is 10.0. The Bertz CT molecular complexity index is 1290. The number of hydrogen-bond donors (Lipinski definition) is 2. The number of anilines is 1. The molecule has 0 radical (unpaired) electrons. The number of rotatable bonds is 5. The summed E-state index contributed by atoms with van der Waals surface area (Å²) in [7, 11) is 0. The maximum atomic E-state index is 13.2. The molecule has 4 rings (SSSR count). The van der Waals surface area contributed by atoms with E-state index < -0.39 is 17.3 Å². The molecule has 2 N–H and O–H groups in total. The van der Waals surface area contributed by atoms with E-state index >= 15 is 0 Å². The van der Waals surface area contributed by atoms with Gasteiger partial charge in [-0.2, -0.15) is 13.2 Å². The van der Waals surface area contributed by atoms with Gasteiger partial charge in [-0.05, 0) is 42.3 Å². The first-order valence-electron chi connectivity index (χ1n) is 9.87. The third kappa shape index (κ3) is 4.69. The summed E-state index contributed by atoms with van der Waals surface area (Å²) in [5, 5.41) is 3.23. The van der Waals surface area contributed by atoms with E-state index in [0.29, 0.717) is 17.2 Å². The molecule has 0 bridgehead atoms. The molecule has 4 aromatic rings. The number of alkyl halides is 3. The minimum Gasteiger partial charge on any atom is -0.348 e. The lowest BCUT2D eigenvalue weighted by Crippen LogP contribution is -2.10. The van der Waals surface area contributed by atoms with Crippen molar-refractivity contribution in [2.75, 3.05) is 5.32 Å². The fourth-order valence-corrected chi connectivity index (χ4v) is 3.36. The molecule has 162 valence electrons. The van der Waals surface area contributed by atoms with Crippen LogP contribution in [-0.2, 0) is 6.18 Å². The molecule has 5 nitrogen and oxygen atoms in total. The Morgan fingerprint density at radius 1 is 0.969 bits per heavy atom. The summed E-state index contributed by atoms with van der Waals surface area (Å²) in [5.41, 5.74) is 1.27. The van der Waals surface area contributed by atoms with E-state index in [1.54, 1.807) is 18.3 Å². The molecule has 0 saturated carbocycles. The molecule has 2 aromatic heterocycles. The predicted molar refractivity (Wildman–Crippen MR) is 117 cm³/mol. The van der Waals surface area contributed by atoms with Gasteiger partial charge in [-0.3, -0.25) is 4.79 Å². The van der Waals surface area contributed by atoms with Crippen LogP contribution in [0.15, 0.2) is 83.8 Å². The zero-order chi connectivity index (χ0) is 22.7. The van der Waals surface area contributed by atoms with E-state index in [4.69, 9.17) is 0 Å². The topological polar surface area (TPSA) is 70.7 Å². The average Bonchev–Trinajstić information content (AvgIpc) is 2.79. The van der Waals surface area contributed by atoms with E-state index in [-0.39, 0.29) is 17.3 Å². The summed E-state index contributed by atoms with van der Waals surface area (Å²) in [6.45, 7) is 1.97. The standard InChI is InChI=1S/C24H19F3N4O/c1-15(16-6-3-2-4-7-16)29-23-28-13-12-20(30-23)19-10-11-21(32)31-22(19)17-8-5-9-18(14-17)24(25,26)27/h2-15H,1H3,(H,31,32)(H,28,29,30)/t15-/m0/s1. The fourth-order valence-electron chi connectivity index (χ4n) is 3.36. The molecule has 0 aliphatic rings. The summed E-state index contributed by atoms with van der Waals surface area (Å²) in [5.74, 6) is 0.361. The van der Waals surface area contributed by atoms with Crippen LogP contribution in [0, 0.1) is 0 Å². The van der Waals surface area contributed by atoms with Gasteiger partial charge in [-0.25, -0.2) is 9.97 Å². The van der Waals surface area contributed by atoms with Crippen molar-refractivity contribution in [1.29, 1.82) is 0 Å². The summed E-state index contributed by atoms with van der Waals surface area (Å²) in [4.78, 5) is 23.4. The van der Waals surface area contributed by atoms with E-state index in [0.717, 1.165) is 17.7 Å². The molecule has 0 spiro atoms. The summed E-state index contributed by atoms with van der Waals surface area (Å²) >= 11 is 0. The van der Waals surface area contributed by atoms with Gasteiger partial charge in [0.1, 0.15) is 0 Å². The van der Waals surface area contributed by atoms with Crippen molar-refractivity contribution in [3.8, 4) is 22.5 Å². The monoisotopic (exact) mass is 436 g/mol. The summed E-state index contributed by atoms with van der Waals surface area (Å²) in [6, 6.07) is 19.0. The van der Waals surface area contributed by atoms with Crippen LogP contribution < -0.4 is 10.9 Å². The SMILES string of the molecule is C[C@H](Nc1nccc(-c2ccc(=O)[nH]c2-c2cccc(C(F)(F)F)c2)n1)c1ccccc1. The molecular weight excluding hydrogens is 417 g/mol. The van der Waals surface area contributed by atoms with Crippen LogP contribution in [0.2, 0.25) is 0 Å². The van der Waals surface area contributed by atoms with Crippen LogP contribution in [0.3, 0.4) is 0 Å². The highest BCUT2D eigenvalue weighted by molar-refractivity contribution is 5.79. The zero-order valence-electron chi connectivity index (χ0n) is 17.0. The number of nitrogens with zero attached hydrogens (tertiary/aromatic N) is 2. The van der Waals surface area contributed by atoms with Crippen LogP contribution in [0.1, 0.15) is 24.1 Å². The zero-order valence-corrected chi connectivity index (χ0v) is 17.0. The lowest BCUT2D eigenvalue weighted by Gasteiger charge is -2.15. The van der Waals surface area contributed by atoms with E-state index in [1.807, 2.05) is 37.3 Å². The number of nitrogens with one attached hydrogen (secondary N) is 2. The fraction of sp³-hybridized carbons (Fsp3) is 0.125. The number of halogens is 3. The molecule has 0 aliphatic heterocycles. The summed E-state index contributed by atoms with van der Waals surface area (Å²) in [6.07, 6.45) is -2.94. The first kappa shape index (κ1) is 21.3. The van der Waals surface area contributed by atoms with Crippen molar-refractivity contribution in [3.05, 3.63) is 100 Å². The second-order valence-electron chi connectivity index (χ2n) is 7.23. The van der Waals surface area contributed by atoms with Gasteiger partial charge in [0, 0.05) is 17.8 Å². The molecule has 0 amide bonds. The van der Waals surface area contributed by atoms with Gasteiger partial charge >= 0.3 is 6.18 Å². The Labute approximate surface area is 182 Å². The van der Waals surface area contributed by atoms with Gasteiger partial charge < -0.3 is 10.3 Å². The minimum absolute atomic E-state index is 0.0648. The van der Waals surface area contributed by atoms with Crippen LogP contribution >= 0.6 is 0 Å². The molecule has 8 heteroatoms. The second-order valence-corrected chi connectivity index (χ2v) is 7.23. The van der Waals surface area contributed by atoms with Crippen molar-refractivity contribution >= 4 is 5.95 Å². The van der Waals surface area contributed by atoms with Crippen LogP contribution in [-0.4, -0.2) is 15.0 Å². The largest absolute Gasteiger partial charge is 0.416 e. The molecule has 32 heavy (non-hydrogen) atoms. The Morgan fingerprint density at radius 3 is 2.50 bits per heavy atom. The lowest BCUT2D eigenvalue weighted by molar-refractivity contribution is -0.137. The Balaban J connectivity index is 1.73. The van der Waals surface area contributed by atoms with Crippen molar-refractivity contribution in [2.24, 2.45) is 0 Å². The Morgan fingerprint density at radius 2 is 1.75 bits per heavy atom. The molecule has 2 aromatic carbocycles. The van der Waals surface area contributed by atoms with Crippen LogP contribution in [0.4, 0.5) is 19.1 Å². The van der Waals surface area contributed by atoms with Gasteiger partial charge in [-0.15, -0.1) is 0 Å². The maximum absolute atomic E-state index is 13.2. The Kier molecular flexibility index (Phi) is 5.77. The highest BCUT2D eigenvalue weighted by atomic mass is 19.4. The number of H-pyrrole nitrogens is 1. The predicted octanol–water partition coefficient (Wildman–Crippen LogP) is 5.69. The molecule has 2 heterocycles. The van der Waals surface area contributed by atoms with Gasteiger partial charge in [0.15, 0.2) is 0 Å². The van der Waals surface area contributed by atoms with E-state index in [2.05, 4.69) is 20.3 Å². The van der Waals surface area contributed by atoms with Crippen molar-refractivity contribution in [2.45, 2.75) is 19.1 Å². The number of aromatic nitrogens is 3. The van der Waals surface area contributed by atoms with Crippen molar-refractivity contribution in [3.63, 3.8) is 0 Å². The third-order valence-corrected chi connectivity index (χ3v) is 4.97. The van der Waals surface area contributed by atoms with Gasteiger partial charge in [0.2, 0.25) is 11.5 Å². The van der Waals surface area contributed by atoms with Crippen LogP contribution in [0.25, 0.3) is 22.5 Å². The molecular formula is C24H19F3N4O. The highest BCUT2D eigenvalue weighted by Crippen LogP contribution is 2.34. The average molecular weight is 436 g/mol. The van der Waals surface area contributed by atoms with Gasteiger partial charge in [-0.1, -0.05) is 42.5 Å². The van der Waals surface area contributed by atoms with Crippen molar-refractivity contribution in [1.82, 2.24) is 15.0 Å². The smallest absolute Gasteiger partial charge is 0.348 e. The first-order chi connectivity index (χ1) is 15.3. The molecule has 1 atom stereocenters. The molecule has 0 fully saturated rings. The van der Waals surface area contributed by atoms with Gasteiger partial charge in [0.05, 0.1) is 23.0 Å². The Hall–Kier alpha value is -3.94. The van der Waals surface area contributed by atoms with E-state index in [1.165, 1.54) is 18.2 Å².